The second-order valence-electron chi connectivity index (χ2n) is 8.50. The summed E-state index contributed by atoms with van der Waals surface area (Å²) in [6.07, 6.45) is 4.79. The number of ether oxygens (including phenoxy) is 3. The lowest BCUT2D eigenvalue weighted by molar-refractivity contribution is 0.107. The maximum atomic E-state index is 12.6. The summed E-state index contributed by atoms with van der Waals surface area (Å²) in [4.78, 5) is 12.6. The number of nitrogens with zero attached hydrogens (tertiary/aromatic N) is 2. The summed E-state index contributed by atoms with van der Waals surface area (Å²) in [6.45, 7) is 4.60. The van der Waals surface area contributed by atoms with Gasteiger partial charge in [-0.3, -0.25) is 4.79 Å². The number of rotatable bonds is 4. The molecule has 1 aromatic carbocycles. The number of benzene rings is 1. The normalized spacial score (nSPS) is 24.2. The van der Waals surface area contributed by atoms with Gasteiger partial charge in [0, 0.05) is 30.1 Å². The van der Waals surface area contributed by atoms with Crippen molar-refractivity contribution < 1.29 is 14.2 Å². The maximum absolute atomic E-state index is 12.6. The first-order valence-corrected chi connectivity index (χ1v) is 11.0. The number of hydrogen-bond acceptors (Lipinski definition) is 6. The Balaban J connectivity index is 1.21. The summed E-state index contributed by atoms with van der Waals surface area (Å²) in [7, 11) is 0. The molecule has 1 unspecified atom stereocenters. The third-order valence-corrected chi connectivity index (χ3v) is 6.46. The Morgan fingerprint density at radius 2 is 1.87 bits per heavy atom. The first kappa shape index (κ1) is 19.6. The van der Waals surface area contributed by atoms with Gasteiger partial charge in [-0.2, -0.15) is 5.10 Å². The molecule has 160 valence electrons. The Morgan fingerprint density at radius 3 is 2.70 bits per heavy atom. The van der Waals surface area contributed by atoms with Gasteiger partial charge in [-0.1, -0.05) is 6.07 Å². The molecule has 1 fully saturated rings. The number of nitrogens with one attached hydrogen (secondary N) is 1. The highest BCUT2D eigenvalue weighted by Gasteiger charge is 2.26. The third kappa shape index (κ3) is 3.96. The van der Waals surface area contributed by atoms with Crippen LogP contribution in [0.1, 0.15) is 61.5 Å². The molecule has 30 heavy (non-hydrogen) atoms. The van der Waals surface area contributed by atoms with E-state index in [1.54, 1.807) is 10.7 Å². The van der Waals surface area contributed by atoms with E-state index in [4.69, 9.17) is 14.2 Å². The molecule has 0 radical (unpaired) electrons. The van der Waals surface area contributed by atoms with E-state index >= 15 is 0 Å². The van der Waals surface area contributed by atoms with E-state index < -0.39 is 0 Å². The lowest BCUT2D eigenvalue weighted by Crippen LogP contribution is -2.38. The van der Waals surface area contributed by atoms with Crippen molar-refractivity contribution in [3.05, 3.63) is 51.4 Å². The van der Waals surface area contributed by atoms with Crippen LogP contribution in [0.4, 0.5) is 0 Å². The summed E-state index contributed by atoms with van der Waals surface area (Å²) in [5.41, 5.74) is 3.18. The van der Waals surface area contributed by atoms with Crippen LogP contribution in [0, 0.1) is 0 Å². The predicted molar refractivity (Wildman–Crippen MR) is 112 cm³/mol. The Morgan fingerprint density at radius 1 is 1.07 bits per heavy atom. The van der Waals surface area contributed by atoms with Gasteiger partial charge in [-0.15, -0.1) is 0 Å². The van der Waals surface area contributed by atoms with Crippen LogP contribution in [0.2, 0.25) is 0 Å². The lowest BCUT2D eigenvalue weighted by Gasteiger charge is -2.32. The molecule has 1 saturated carbocycles. The van der Waals surface area contributed by atoms with E-state index in [9.17, 15) is 4.79 Å². The van der Waals surface area contributed by atoms with Gasteiger partial charge in [-0.25, -0.2) is 4.68 Å². The zero-order chi connectivity index (χ0) is 20.5. The van der Waals surface area contributed by atoms with E-state index in [1.807, 2.05) is 6.07 Å². The first-order chi connectivity index (χ1) is 14.7. The van der Waals surface area contributed by atoms with Gasteiger partial charge in [0.15, 0.2) is 11.5 Å². The predicted octanol–water partition coefficient (Wildman–Crippen LogP) is 2.92. The third-order valence-electron chi connectivity index (χ3n) is 6.46. The molecule has 5 rings (SSSR count). The van der Waals surface area contributed by atoms with Crippen molar-refractivity contribution in [1.82, 2.24) is 15.1 Å². The minimum Gasteiger partial charge on any atom is -0.486 e. The zero-order valence-electron chi connectivity index (χ0n) is 17.4. The summed E-state index contributed by atoms with van der Waals surface area (Å²) in [5, 5.41) is 8.45. The fourth-order valence-electron chi connectivity index (χ4n) is 4.76. The number of hydrogen-bond donors (Lipinski definition) is 1. The van der Waals surface area contributed by atoms with Crippen molar-refractivity contribution in [3.63, 3.8) is 0 Å². The van der Waals surface area contributed by atoms with Crippen molar-refractivity contribution in [3.8, 4) is 11.5 Å². The molecule has 1 aliphatic carbocycles. The SMILES string of the molecule is CC(NC1CCC(n2nc3c(cc2=O)COCC3)CC1)c1ccc2c(c1)OCCO2. The van der Waals surface area contributed by atoms with Gasteiger partial charge in [-0.05, 0) is 50.3 Å². The standard InChI is InChI=1S/C23H29N3O4/c1-15(16-2-7-21-22(12-16)30-11-10-29-21)24-18-3-5-19(6-4-18)26-23(27)13-17-14-28-9-8-20(17)25-26/h2,7,12-13,15,18-19,24H,3-6,8-11,14H2,1H3. The minimum atomic E-state index is 0.000283. The van der Waals surface area contributed by atoms with Crippen molar-refractivity contribution in [2.75, 3.05) is 19.8 Å². The molecule has 3 aliphatic rings. The Bertz CT molecular complexity index is 965. The first-order valence-electron chi connectivity index (χ1n) is 11.0. The number of aromatic nitrogens is 2. The van der Waals surface area contributed by atoms with Crippen LogP contribution in [-0.4, -0.2) is 35.6 Å². The van der Waals surface area contributed by atoms with E-state index in [2.05, 4.69) is 29.5 Å². The van der Waals surface area contributed by atoms with Crippen molar-refractivity contribution in [2.45, 2.75) is 63.8 Å². The highest BCUT2D eigenvalue weighted by Crippen LogP contribution is 2.34. The van der Waals surface area contributed by atoms with Gasteiger partial charge < -0.3 is 19.5 Å². The molecule has 2 aromatic rings. The van der Waals surface area contributed by atoms with Crippen molar-refractivity contribution in [1.29, 1.82) is 0 Å². The van der Waals surface area contributed by atoms with E-state index in [0.29, 0.717) is 32.5 Å². The molecule has 0 spiro atoms. The fourth-order valence-corrected chi connectivity index (χ4v) is 4.76. The van der Waals surface area contributed by atoms with Crippen LogP contribution in [0.3, 0.4) is 0 Å². The summed E-state index contributed by atoms with van der Waals surface area (Å²) >= 11 is 0. The lowest BCUT2D eigenvalue weighted by atomic mass is 9.90. The van der Waals surface area contributed by atoms with E-state index in [1.165, 1.54) is 5.56 Å². The molecule has 0 amide bonds. The monoisotopic (exact) mass is 411 g/mol. The topological polar surface area (TPSA) is 74.6 Å². The van der Waals surface area contributed by atoms with Gasteiger partial charge in [0.2, 0.25) is 0 Å². The van der Waals surface area contributed by atoms with Gasteiger partial charge >= 0.3 is 0 Å². The fraction of sp³-hybridized carbons (Fsp3) is 0.565. The van der Waals surface area contributed by atoms with Crippen molar-refractivity contribution >= 4 is 0 Å². The Hall–Kier alpha value is -2.38. The molecule has 0 saturated heterocycles. The molecule has 3 heterocycles. The van der Waals surface area contributed by atoms with E-state index in [-0.39, 0.29) is 17.6 Å². The molecule has 2 aliphatic heterocycles. The molecule has 1 N–H and O–H groups in total. The van der Waals surface area contributed by atoms with Crippen molar-refractivity contribution in [2.24, 2.45) is 0 Å². The highest BCUT2D eigenvalue weighted by molar-refractivity contribution is 5.44. The average Bonchev–Trinajstić information content (AvgIpc) is 2.79. The Kier molecular flexibility index (Phi) is 5.48. The van der Waals surface area contributed by atoms with Crippen LogP contribution in [0.5, 0.6) is 11.5 Å². The second kappa shape index (κ2) is 8.40. The average molecular weight is 412 g/mol. The minimum absolute atomic E-state index is 0.000283. The molecule has 7 nitrogen and oxygen atoms in total. The number of fused-ring (bicyclic) bond motifs is 2. The van der Waals surface area contributed by atoms with Crippen LogP contribution >= 0.6 is 0 Å². The van der Waals surface area contributed by atoms with Gasteiger partial charge in [0.25, 0.3) is 5.56 Å². The molecule has 7 heteroatoms. The van der Waals surface area contributed by atoms with Crippen LogP contribution in [0.15, 0.2) is 29.1 Å². The molecular formula is C23H29N3O4. The highest BCUT2D eigenvalue weighted by atomic mass is 16.6. The van der Waals surface area contributed by atoms with Gasteiger partial charge in [0.1, 0.15) is 13.2 Å². The summed E-state index contributed by atoms with van der Waals surface area (Å²) in [6, 6.07) is 8.76. The molecule has 1 aromatic heterocycles. The second-order valence-corrected chi connectivity index (χ2v) is 8.50. The summed E-state index contributed by atoms with van der Waals surface area (Å²) < 4.78 is 18.5. The molecule has 1 atom stereocenters. The largest absolute Gasteiger partial charge is 0.486 e. The quantitative estimate of drug-likeness (QED) is 0.834. The maximum Gasteiger partial charge on any atom is 0.267 e. The summed E-state index contributed by atoms with van der Waals surface area (Å²) in [5.74, 6) is 1.66. The Labute approximate surface area is 176 Å². The zero-order valence-corrected chi connectivity index (χ0v) is 17.4. The smallest absolute Gasteiger partial charge is 0.267 e. The van der Waals surface area contributed by atoms with E-state index in [0.717, 1.165) is 54.9 Å². The van der Waals surface area contributed by atoms with Crippen LogP contribution in [0.25, 0.3) is 0 Å². The molecular weight excluding hydrogens is 382 g/mol. The molecule has 0 bridgehead atoms. The van der Waals surface area contributed by atoms with Crippen LogP contribution < -0.4 is 20.3 Å². The van der Waals surface area contributed by atoms with Crippen LogP contribution in [-0.2, 0) is 17.8 Å². The van der Waals surface area contributed by atoms with Gasteiger partial charge in [0.05, 0.1) is 24.9 Å².